The van der Waals surface area contributed by atoms with Crippen LogP contribution < -0.4 is 11.3 Å². The van der Waals surface area contributed by atoms with E-state index < -0.39 is 0 Å². The second-order valence-corrected chi connectivity index (χ2v) is 4.17. The minimum atomic E-state index is 0.274. The molecule has 1 saturated carbocycles. The molecule has 2 rings (SSSR count). The lowest BCUT2D eigenvalue weighted by Gasteiger charge is -2.33. The van der Waals surface area contributed by atoms with Gasteiger partial charge in [-0.1, -0.05) is 6.42 Å². The number of nitrogens with one attached hydrogen (secondary N) is 1. The summed E-state index contributed by atoms with van der Waals surface area (Å²) in [6.07, 6.45) is 5.79. The van der Waals surface area contributed by atoms with Crippen LogP contribution in [0.5, 0.6) is 0 Å². The van der Waals surface area contributed by atoms with E-state index in [9.17, 15) is 0 Å². The van der Waals surface area contributed by atoms with Gasteiger partial charge in [-0.3, -0.25) is 16.0 Å². The molecular formula is C10H18N4. The largest absolute Gasteiger partial charge is 0.271 e. The van der Waals surface area contributed by atoms with E-state index in [0.717, 1.165) is 0 Å². The summed E-state index contributed by atoms with van der Waals surface area (Å²) >= 11 is 0. The first-order valence-electron chi connectivity index (χ1n) is 5.18. The lowest BCUT2D eigenvalue weighted by atomic mass is 9.78. The summed E-state index contributed by atoms with van der Waals surface area (Å²) in [4.78, 5) is 0. The first kappa shape index (κ1) is 9.68. The van der Waals surface area contributed by atoms with Gasteiger partial charge in [-0.2, -0.15) is 5.10 Å². The van der Waals surface area contributed by atoms with Crippen molar-refractivity contribution in [1.29, 1.82) is 0 Å². The fourth-order valence-electron chi connectivity index (χ4n) is 2.21. The predicted octanol–water partition coefficient (Wildman–Crippen LogP) is 1.03. The molecule has 0 saturated heterocycles. The number of hydrogen-bond acceptors (Lipinski definition) is 3. The van der Waals surface area contributed by atoms with Crippen LogP contribution in [0.4, 0.5) is 0 Å². The Bertz CT molecular complexity index is 294. The molecule has 1 aromatic heterocycles. The third-order valence-electron chi connectivity index (χ3n) is 3.27. The van der Waals surface area contributed by atoms with Crippen molar-refractivity contribution in [2.75, 3.05) is 0 Å². The smallest absolute Gasteiger partial charge is 0.0659 e. The summed E-state index contributed by atoms with van der Waals surface area (Å²) in [5.74, 6) is 6.31. The van der Waals surface area contributed by atoms with Crippen molar-refractivity contribution in [1.82, 2.24) is 15.2 Å². The maximum absolute atomic E-state index is 5.62. The van der Waals surface area contributed by atoms with E-state index in [2.05, 4.69) is 17.4 Å². The summed E-state index contributed by atoms with van der Waals surface area (Å²) in [6, 6.07) is 0.274. The Morgan fingerprint density at radius 3 is 2.71 bits per heavy atom. The van der Waals surface area contributed by atoms with Gasteiger partial charge in [-0.05, 0) is 31.2 Å². The van der Waals surface area contributed by atoms with Crippen molar-refractivity contribution in [2.24, 2.45) is 18.8 Å². The molecule has 1 heterocycles. The van der Waals surface area contributed by atoms with Crippen molar-refractivity contribution in [3.63, 3.8) is 0 Å². The molecule has 4 heteroatoms. The SMILES string of the molecule is Cc1cnn(C)c1C(NN)C1CCC1. The minimum Gasteiger partial charge on any atom is -0.271 e. The van der Waals surface area contributed by atoms with Gasteiger partial charge < -0.3 is 0 Å². The van der Waals surface area contributed by atoms with E-state index in [1.807, 2.05) is 17.9 Å². The fraction of sp³-hybridized carbons (Fsp3) is 0.700. The van der Waals surface area contributed by atoms with Crippen molar-refractivity contribution >= 4 is 0 Å². The lowest BCUT2D eigenvalue weighted by molar-refractivity contribution is 0.224. The molecule has 0 spiro atoms. The van der Waals surface area contributed by atoms with E-state index in [1.165, 1.54) is 30.5 Å². The number of aryl methyl sites for hydroxylation is 2. The molecule has 0 amide bonds. The quantitative estimate of drug-likeness (QED) is 0.558. The Kier molecular flexibility index (Phi) is 2.56. The number of nitrogens with zero attached hydrogens (tertiary/aromatic N) is 2. The molecule has 14 heavy (non-hydrogen) atoms. The molecule has 1 atom stereocenters. The molecule has 78 valence electrons. The van der Waals surface area contributed by atoms with Gasteiger partial charge in [0.25, 0.3) is 0 Å². The first-order valence-corrected chi connectivity index (χ1v) is 5.18. The van der Waals surface area contributed by atoms with Crippen LogP contribution in [0.25, 0.3) is 0 Å². The van der Waals surface area contributed by atoms with Crippen LogP contribution in [0.15, 0.2) is 6.20 Å². The van der Waals surface area contributed by atoms with Gasteiger partial charge in [0.2, 0.25) is 0 Å². The molecule has 1 aromatic rings. The van der Waals surface area contributed by atoms with Crippen LogP contribution in [-0.4, -0.2) is 9.78 Å². The second-order valence-electron chi connectivity index (χ2n) is 4.17. The van der Waals surface area contributed by atoms with Crippen LogP contribution in [0.1, 0.15) is 36.6 Å². The van der Waals surface area contributed by atoms with Crippen molar-refractivity contribution < 1.29 is 0 Å². The number of aromatic nitrogens is 2. The summed E-state index contributed by atoms with van der Waals surface area (Å²) < 4.78 is 1.93. The molecule has 1 fully saturated rings. The molecule has 0 bridgehead atoms. The molecule has 0 radical (unpaired) electrons. The van der Waals surface area contributed by atoms with E-state index in [1.54, 1.807) is 0 Å². The highest BCUT2D eigenvalue weighted by atomic mass is 15.3. The van der Waals surface area contributed by atoms with Crippen LogP contribution in [0.3, 0.4) is 0 Å². The van der Waals surface area contributed by atoms with Crippen molar-refractivity contribution in [3.05, 3.63) is 17.5 Å². The van der Waals surface area contributed by atoms with E-state index in [0.29, 0.717) is 5.92 Å². The summed E-state index contributed by atoms with van der Waals surface area (Å²) in [5.41, 5.74) is 5.39. The van der Waals surface area contributed by atoms with Gasteiger partial charge in [0.05, 0.1) is 17.9 Å². The Hall–Kier alpha value is -0.870. The van der Waals surface area contributed by atoms with Gasteiger partial charge in [-0.15, -0.1) is 0 Å². The molecule has 0 aromatic carbocycles. The minimum absolute atomic E-state index is 0.274. The van der Waals surface area contributed by atoms with E-state index in [4.69, 9.17) is 5.84 Å². The standard InChI is InChI=1S/C10H18N4/c1-7-6-12-14(2)10(7)9(13-11)8-4-3-5-8/h6,8-9,13H,3-5,11H2,1-2H3. The molecule has 1 aliphatic rings. The van der Waals surface area contributed by atoms with Gasteiger partial charge >= 0.3 is 0 Å². The Morgan fingerprint density at radius 1 is 1.64 bits per heavy atom. The third kappa shape index (κ3) is 1.44. The Morgan fingerprint density at radius 2 is 2.36 bits per heavy atom. The highest BCUT2D eigenvalue weighted by molar-refractivity contribution is 5.20. The maximum Gasteiger partial charge on any atom is 0.0659 e. The molecular weight excluding hydrogens is 176 g/mol. The monoisotopic (exact) mass is 194 g/mol. The molecule has 4 nitrogen and oxygen atoms in total. The Balaban J connectivity index is 2.25. The molecule has 1 unspecified atom stereocenters. The van der Waals surface area contributed by atoms with Gasteiger partial charge in [-0.25, -0.2) is 0 Å². The Labute approximate surface area is 84.4 Å². The number of hydrazine groups is 1. The fourth-order valence-corrected chi connectivity index (χ4v) is 2.21. The summed E-state index contributed by atoms with van der Waals surface area (Å²) in [6.45, 7) is 2.09. The topological polar surface area (TPSA) is 55.9 Å². The highest BCUT2D eigenvalue weighted by Crippen LogP contribution is 2.37. The zero-order valence-corrected chi connectivity index (χ0v) is 8.83. The van der Waals surface area contributed by atoms with Gasteiger partial charge in [0.15, 0.2) is 0 Å². The maximum atomic E-state index is 5.62. The van der Waals surface area contributed by atoms with Crippen LogP contribution in [0.2, 0.25) is 0 Å². The molecule has 3 N–H and O–H groups in total. The first-order chi connectivity index (χ1) is 6.74. The summed E-state index contributed by atoms with van der Waals surface area (Å²) in [7, 11) is 1.98. The van der Waals surface area contributed by atoms with E-state index >= 15 is 0 Å². The van der Waals surface area contributed by atoms with E-state index in [-0.39, 0.29) is 6.04 Å². The zero-order valence-electron chi connectivity index (χ0n) is 8.83. The molecule has 0 aliphatic heterocycles. The van der Waals surface area contributed by atoms with Gasteiger partial charge in [0.1, 0.15) is 0 Å². The zero-order chi connectivity index (χ0) is 10.1. The number of hydrogen-bond donors (Lipinski definition) is 2. The number of rotatable bonds is 3. The average Bonchev–Trinajstić information content (AvgIpc) is 2.40. The summed E-state index contributed by atoms with van der Waals surface area (Å²) in [5, 5.41) is 4.25. The van der Waals surface area contributed by atoms with Crippen molar-refractivity contribution in [2.45, 2.75) is 32.2 Å². The van der Waals surface area contributed by atoms with Crippen molar-refractivity contribution in [3.8, 4) is 0 Å². The molecule has 1 aliphatic carbocycles. The average molecular weight is 194 g/mol. The van der Waals surface area contributed by atoms with Gasteiger partial charge in [0, 0.05) is 7.05 Å². The number of nitrogens with two attached hydrogens (primary N) is 1. The predicted molar refractivity (Wildman–Crippen MR) is 55.4 cm³/mol. The normalized spacial score (nSPS) is 19.4. The van der Waals surface area contributed by atoms with Crippen LogP contribution in [-0.2, 0) is 7.05 Å². The highest BCUT2D eigenvalue weighted by Gasteiger charge is 2.30. The van der Waals surface area contributed by atoms with Crippen LogP contribution >= 0.6 is 0 Å². The lowest BCUT2D eigenvalue weighted by Crippen LogP contribution is -2.38. The van der Waals surface area contributed by atoms with Crippen LogP contribution in [0, 0.1) is 12.8 Å². The second kappa shape index (κ2) is 3.71. The third-order valence-corrected chi connectivity index (χ3v) is 3.27.